The third-order valence-electron chi connectivity index (χ3n) is 4.86. The maximum atomic E-state index is 12.7. The first kappa shape index (κ1) is 18.8. The van der Waals surface area contributed by atoms with Crippen molar-refractivity contribution in [1.82, 2.24) is 19.8 Å². The Morgan fingerprint density at radius 2 is 1.73 bits per heavy atom. The van der Waals surface area contributed by atoms with Crippen molar-refractivity contribution in [2.75, 3.05) is 45.8 Å². The van der Waals surface area contributed by atoms with Gasteiger partial charge in [0.25, 0.3) is 5.91 Å². The van der Waals surface area contributed by atoms with E-state index in [0.29, 0.717) is 31.1 Å². The number of piperazine rings is 1. The van der Waals surface area contributed by atoms with E-state index in [4.69, 9.17) is 0 Å². The van der Waals surface area contributed by atoms with Crippen LogP contribution in [0.25, 0.3) is 0 Å². The molecule has 9 heteroatoms. The molecule has 1 aromatic rings. The molecule has 0 radical (unpaired) electrons. The molecule has 3 rings (SSSR count). The zero-order valence-corrected chi connectivity index (χ0v) is 15.6. The molecule has 0 atom stereocenters. The summed E-state index contributed by atoms with van der Waals surface area (Å²) >= 11 is 0. The van der Waals surface area contributed by atoms with Gasteiger partial charge in [-0.05, 0) is 24.3 Å². The Kier molecular flexibility index (Phi) is 5.59. The molecule has 0 saturated carbocycles. The van der Waals surface area contributed by atoms with E-state index in [9.17, 15) is 18.0 Å². The molecule has 0 aliphatic carbocycles. The van der Waals surface area contributed by atoms with E-state index < -0.39 is 10.0 Å². The van der Waals surface area contributed by atoms with Crippen LogP contribution in [0.5, 0.6) is 0 Å². The molecule has 2 aliphatic rings. The fourth-order valence-electron chi connectivity index (χ4n) is 3.00. The fourth-order valence-corrected chi connectivity index (χ4v) is 4.42. The molecule has 2 fully saturated rings. The summed E-state index contributed by atoms with van der Waals surface area (Å²) in [7, 11) is -3.62. The minimum Gasteiger partial charge on any atom is -0.352 e. The van der Waals surface area contributed by atoms with Gasteiger partial charge in [-0.3, -0.25) is 9.59 Å². The molecule has 2 aliphatic heterocycles. The number of hydrogen-bond acceptors (Lipinski definition) is 5. The van der Waals surface area contributed by atoms with Crippen LogP contribution in [0, 0.1) is 5.92 Å². The van der Waals surface area contributed by atoms with E-state index in [0.717, 1.165) is 13.1 Å². The van der Waals surface area contributed by atoms with Crippen LogP contribution >= 0.6 is 0 Å². The van der Waals surface area contributed by atoms with Gasteiger partial charge in [-0.2, -0.15) is 4.31 Å². The maximum Gasteiger partial charge on any atom is 0.251 e. The van der Waals surface area contributed by atoms with E-state index in [1.165, 1.54) is 35.5 Å². The molecule has 2 saturated heterocycles. The second kappa shape index (κ2) is 7.73. The highest BCUT2D eigenvalue weighted by Gasteiger charge is 2.29. The number of nitrogens with zero attached hydrogens (tertiary/aromatic N) is 2. The lowest BCUT2D eigenvalue weighted by molar-refractivity contribution is -0.129. The van der Waals surface area contributed by atoms with Gasteiger partial charge in [0.1, 0.15) is 0 Å². The van der Waals surface area contributed by atoms with Gasteiger partial charge in [-0.15, -0.1) is 0 Å². The summed E-state index contributed by atoms with van der Waals surface area (Å²) in [5.41, 5.74) is 0.442. The molecule has 0 bridgehead atoms. The van der Waals surface area contributed by atoms with Gasteiger partial charge < -0.3 is 15.5 Å². The van der Waals surface area contributed by atoms with Crippen molar-refractivity contribution in [2.45, 2.75) is 11.8 Å². The van der Waals surface area contributed by atoms with Crippen molar-refractivity contribution >= 4 is 21.8 Å². The normalized spacial score (nSPS) is 19.0. The van der Waals surface area contributed by atoms with Gasteiger partial charge >= 0.3 is 0 Å². The number of sulfonamides is 1. The third-order valence-corrected chi connectivity index (χ3v) is 6.77. The number of amides is 2. The van der Waals surface area contributed by atoms with E-state index >= 15 is 0 Å². The number of rotatable bonds is 5. The van der Waals surface area contributed by atoms with Gasteiger partial charge in [0.15, 0.2) is 0 Å². The molecule has 26 heavy (non-hydrogen) atoms. The Bertz CT molecular complexity index is 766. The molecule has 1 aromatic carbocycles. The molecule has 0 aromatic heterocycles. The van der Waals surface area contributed by atoms with Gasteiger partial charge in [-0.25, -0.2) is 8.42 Å². The average Bonchev–Trinajstić information content (AvgIpc) is 2.60. The second-order valence-electron chi connectivity index (χ2n) is 6.67. The summed E-state index contributed by atoms with van der Waals surface area (Å²) < 4.78 is 26.8. The van der Waals surface area contributed by atoms with E-state index in [1.54, 1.807) is 4.90 Å². The van der Waals surface area contributed by atoms with Crippen LogP contribution in [0.4, 0.5) is 0 Å². The molecule has 8 nitrogen and oxygen atoms in total. The topological polar surface area (TPSA) is 98.8 Å². The number of carbonyl (C=O) groups is 2. The minimum absolute atomic E-state index is 0.0462. The molecule has 2 amide bonds. The van der Waals surface area contributed by atoms with Gasteiger partial charge in [-0.1, -0.05) is 0 Å². The quantitative estimate of drug-likeness (QED) is 0.717. The van der Waals surface area contributed by atoms with Crippen molar-refractivity contribution in [2.24, 2.45) is 5.92 Å². The van der Waals surface area contributed by atoms with Crippen LogP contribution < -0.4 is 10.6 Å². The summed E-state index contributed by atoms with van der Waals surface area (Å²) in [6, 6.07) is 6.00. The Morgan fingerprint density at radius 3 is 2.23 bits per heavy atom. The largest absolute Gasteiger partial charge is 0.352 e. The van der Waals surface area contributed by atoms with Crippen LogP contribution in [-0.2, 0) is 14.8 Å². The molecular weight excluding hydrogens is 356 g/mol. The smallest absolute Gasteiger partial charge is 0.251 e. The molecule has 2 N–H and O–H groups in total. The Labute approximate surface area is 153 Å². The standard InChI is InChI=1S/C17H24N4O4S/c1-13(22)20-6-8-21(9-7-20)26(24,25)16-4-2-15(3-5-16)17(23)19-12-14-10-18-11-14/h2-5,14,18H,6-12H2,1H3,(H,19,23). The Hall–Kier alpha value is -1.97. The predicted molar refractivity (Wildman–Crippen MR) is 96.1 cm³/mol. The molecule has 2 heterocycles. The van der Waals surface area contributed by atoms with Crippen molar-refractivity contribution in [3.05, 3.63) is 29.8 Å². The van der Waals surface area contributed by atoms with E-state index in [-0.39, 0.29) is 29.8 Å². The average molecular weight is 380 g/mol. The monoisotopic (exact) mass is 380 g/mol. The van der Waals surface area contributed by atoms with Gasteiger partial charge in [0.05, 0.1) is 4.90 Å². The minimum atomic E-state index is -3.62. The predicted octanol–water partition coefficient (Wildman–Crippen LogP) is -0.511. The lowest BCUT2D eigenvalue weighted by Gasteiger charge is -2.33. The van der Waals surface area contributed by atoms with E-state index in [1.807, 2.05) is 0 Å². The number of hydrogen-bond donors (Lipinski definition) is 2. The highest BCUT2D eigenvalue weighted by atomic mass is 32.2. The number of carbonyl (C=O) groups excluding carboxylic acids is 2. The molecular formula is C17H24N4O4S. The van der Waals surface area contributed by atoms with Crippen LogP contribution in [0.1, 0.15) is 17.3 Å². The first-order valence-corrected chi connectivity index (χ1v) is 10.2. The molecule has 0 spiro atoms. The van der Waals surface area contributed by atoms with Crippen molar-refractivity contribution in [3.63, 3.8) is 0 Å². The first-order chi connectivity index (χ1) is 12.4. The summed E-state index contributed by atoms with van der Waals surface area (Å²) in [6.07, 6.45) is 0. The van der Waals surface area contributed by atoms with Crippen molar-refractivity contribution in [3.8, 4) is 0 Å². The van der Waals surface area contributed by atoms with E-state index in [2.05, 4.69) is 10.6 Å². The highest BCUT2D eigenvalue weighted by Crippen LogP contribution is 2.18. The van der Waals surface area contributed by atoms with Crippen LogP contribution in [0.2, 0.25) is 0 Å². The third kappa shape index (κ3) is 4.05. The zero-order valence-electron chi connectivity index (χ0n) is 14.8. The first-order valence-electron chi connectivity index (χ1n) is 8.72. The summed E-state index contributed by atoms with van der Waals surface area (Å²) in [5.74, 6) is 0.221. The lowest BCUT2D eigenvalue weighted by Crippen LogP contribution is -2.49. The number of benzene rings is 1. The summed E-state index contributed by atoms with van der Waals surface area (Å²) in [5, 5.41) is 6.01. The Balaban J connectivity index is 1.61. The highest BCUT2D eigenvalue weighted by molar-refractivity contribution is 7.89. The maximum absolute atomic E-state index is 12.7. The van der Waals surface area contributed by atoms with Crippen LogP contribution in [0.3, 0.4) is 0 Å². The zero-order chi connectivity index (χ0) is 18.7. The number of nitrogens with one attached hydrogen (secondary N) is 2. The lowest BCUT2D eigenvalue weighted by atomic mass is 10.0. The van der Waals surface area contributed by atoms with Crippen LogP contribution in [-0.4, -0.2) is 75.3 Å². The van der Waals surface area contributed by atoms with Crippen LogP contribution in [0.15, 0.2) is 29.2 Å². The second-order valence-corrected chi connectivity index (χ2v) is 8.61. The molecule has 142 valence electrons. The summed E-state index contributed by atoms with van der Waals surface area (Å²) in [6.45, 7) is 5.26. The Morgan fingerprint density at radius 1 is 1.12 bits per heavy atom. The van der Waals surface area contributed by atoms with Crippen molar-refractivity contribution < 1.29 is 18.0 Å². The SMILES string of the molecule is CC(=O)N1CCN(S(=O)(=O)c2ccc(C(=O)NCC3CNC3)cc2)CC1. The fraction of sp³-hybridized carbons (Fsp3) is 0.529. The molecule has 0 unspecified atom stereocenters. The van der Waals surface area contributed by atoms with Crippen molar-refractivity contribution in [1.29, 1.82) is 0 Å². The summed E-state index contributed by atoms with van der Waals surface area (Å²) in [4.78, 5) is 25.3. The van der Waals surface area contributed by atoms with Gasteiger partial charge in [0, 0.05) is 64.2 Å². The van der Waals surface area contributed by atoms with Gasteiger partial charge in [0.2, 0.25) is 15.9 Å².